The molecule has 0 aromatic heterocycles. The number of methoxy groups -OCH3 is 1. The largest absolute Gasteiger partial charge is 0.478 e. The minimum atomic E-state index is -1.000. The maximum atomic E-state index is 13.8. The third-order valence-electron chi connectivity index (χ3n) is 2.68. The van der Waals surface area contributed by atoms with Gasteiger partial charge in [-0.2, -0.15) is 0 Å². The molecular weight excluding hydrogens is 295 g/mol. The molecule has 6 heteroatoms. The zero-order valence-electron chi connectivity index (χ0n) is 11.0. The van der Waals surface area contributed by atoms with Crippen molar-refractivity contribution in [2.75, 3.05) is 7.11 Å². The number of carboxylic acids is 1. The van der Waals surface area contributed by atoms with E-state index in [1.165, 1.54) is 43.1 Å². The summed E-state index contributed by atoms with van der Waals surface area (Å²) in [5, 5.41) is 8.81. The Morgan fingerprint density at radius 3 is 2.24 bits per heavy atom. The van der Waals surface area contributed by atoms with Crippen LogP contribution >= 0.6 is 11.8 Å². The summed E-state index contributed by atoms with van der Waals surface area (Å²) in [6.07, 6.45) is 0. The number of hydrogen-bond donors (Lipinski definition) is 1. The van der Waals surface area contributed by atoms with Crippen LogP contribution in [0, 0.1) is 5.82 Å². The summed E-state index contributed by atoms with van der Waals surface area (Å²) < 4.78 is 18.2. The fourth-order valence-electron chi connectivity index (χ4n) is 1.64. The van der Waals surface area contributed by atoms with Gasteiger partial charge in [-0.1, -0.05) is 11.8 Å². The van der Waals surface area contributed by atoms with Gasteiger partial charge in [-0.05, 0) is 42.5 Å². The van der Waals surface area contributed by atoms with Crippen LogP contribution in [0.2, 0.25) is 0 Å². The van der Waals surface area contributed by atoms with Crippen LogP contribution in [0.1, 0.15) is 20.7 Å². The van der Waals surface area contributed by atoms with Crippen molar-refractivity contribution in [3.05, 3.63) is 59.4 Å². The van der Waals surface area contributed by atoms with Crippen molar-refractivity contribution in [3.8, 4) is 0 Å². The van der Waals surface area contributed by atoms with Gasteiger partial charge in [0.05, 0.1) is 18.2 Å². The number of carbonyl (C=O) groups is 2. The van der Waals surface area contributed by atoms with E-state index in [1.807, 2.05) is 0 Å². The molecule has 0 aliphatic heterocycles. The van der Waals surface area contributed by atoms with Crippen molar-refractivity contribution in [1.82, 2.24) is 0 Å². The normalized spacial score (nSPS) is 10.2. The van der Waals surface area contributed by atoms with Crippen molar-refractivity contribution in [2.45, 2.75) is 9.79 Å². The molecule has 0 bridgehead atoms. The van der Waals surface area contributed by atoms with Crippen molar-refractivity contribution in [2.24, 2.45) is 0 Å². The van der Waals surface area contributed by atoms with Crippen molar-refractivity contribution in [1.29, 1.82) is 0 Å². The van der Waals surface area contributed by atoms with Crippen molar-refractivity contribution < 1.29 is 23.8 Å². The average molecular weight is 306 g/mol. The average Bonchev–Trinajstić information content (AvgIpc) is 2.47. The highest BCUT2D eigenvalue weighted by atomic mass is 32.2. The zero-order chi connectivity index (χ0) is 15.4. The van der Waals surface area contributed by atoms with Gasteiger partial charge in [-0.15, -0.1) is 0 Å². The summed E-state index contributed by atoms with van der Waals surface area (Å²) in [5.74, 6) is -2.39. The van der Waals surface area contributed by atoms with Crippen LogP contribution in [0.25, 0.3) is 0 Å². The van der Waals surface area contributed by atoms with Crippen molar-refractivity contribution >= 4 is 23.7 Å². The molecule has 0 amide bonds. The first-order chi connectivity index (χ1) is 10.0. The Morgan fingerprint density at radius 1 is 1.10 bits per heavy atom. The maximum absolute atomic E-state index is 13.8. The smallest absolute Gasteiger partial charge is 0.340 e. The first kappa shape index (κ1) is 15.1. The van der Waals surface area contributed by atoms with E-state index in [9.17, 15) is 14.0 Å². The van der Waals surface area contributed by atoms with Gasteiger partial charge in [0.1, 0.15) is 5.82 Å². The third-order valence-corrected chi connectivity index (χ3v) is 3.68. The number of aromatic carboxylic acids is 1. The Labute approximate surface area is 124 Å². The predicted molar refractivity (Wildman–Crippen MR) is 75.3 cm³/mol. The lowest BCUT2D eigenvalue weighted by atomic mass is 10.2. The van der Waals surface area contributed by atoms with Crippen LogP contribution in [0.3, 0.4) is 0 Å². The Kier molecular flexibility index (Phi) is 4.59. The Bertz CT molecular complexity index is 683. The van der Waals surface area contributed by atoms with Crippen LogP contribution in [0.15, 0.2) is 52.3 Å². The summed E-state index contributed by atoms with van der Waals surface area (Å²) >= 11 is 1.27. The number of hydrogen-bond acceptors (Lipinski definition) is 4. The molecule has 0 unspecified atom stereocenters. The second-order valence-corrected chi connectivity index (χ2v) is 5.21. The quantitative estimate of drug-likeness (QED) is 0.876. The van der Waals surface area contributed by atoms with Gasteiger partial charge in [0, 0.05) is 9.79 Å². The SMILES string of the molecule is COC(=O)c1ccc(Sc2ccc(C(=O)O)cc2)cc1F. The molecule has 4 nitrogen and oxygen atoms in total. The highest BCUT2D eigenvalue weighted by molar-refractivity contribution is 7.99. The van der Waals surface area contributed by atoms with Gasteiger partial charge in [0.25, 0.3) is 0 Å². The number of halogens is 1. The molecule has 0 heterocycles. The molecule has 0 aliphatic carbocycles. The van der Waals surface area contributed by atoms with E-state index >= 15 is 0 Å². The topological polar surface area (TPSA) is 63.6 Å². The molecule has 2 aromatic carbocycles. The summed E-state index contributed by atoms with van der Waals surface area (Å²) in [7, 11) is 1.19. The molecule has 2 aromatic rings. The minimum Gasteiger partial charge on any atom is -0.478 e. The number of rotatable bonds is 4. The maximum Gasteiger partial charge on any atom is 0.340 e. The monoisotopic (exact) mass is 306 g/mol. The van der Waals surface area contributed by atoms with Crippen molar-refractivity contribution in [3.63, 3.8) is 0 Å². The van der Waals surface area contributed by atoms with Gasteiger partial charge < -0.3 is 9.84 Å². The number of ether oxygens (including phenoxy) is 1. The number of carboxylic acid groups (broad SMARTS) is 1. The highest BCUT2D eigenvalue weighted by Crippen LogP contribution is 2.29. The molecule has 108 valence electrons. The van der Waals surface area contributed by atoms with E-state index in [4.69, 9.17) is 5.11 Å². The third kappa shape index (κ3) is 3.61. The van der Waals surface area contributed by atoms with Gasteiger partial charge >= 0.3 is 11.9 Å². The second kappa shape index (κ2) is 6.41. The molecule has 0 spiro atoms. The molecule has 2 rings (SSSR count). The molecule has 0 fully saturated rings. The zero-order valence-corrected chi connectivity index (χ0v) is 11.8. The molecule has 1 N–H and O–H groups in total. The summed E-state index contributed by atoms with van der Waals surface area (Å²) in [6, 6.07) is 10.4. The Morgan fingerprint density at radius 2 is 1.71 bits per heavy atom. The number of esters is 1. The summed E-state index contributed by atoms with van der Waals surface area (Å²) in [5.41, 5.74) is 0.0645. The highest BCUT2D eigenvalue weighted by Gasteiger charge is 2.12. The van der Waals surface area contributed by atoms with Crippen LogP contribution in [-0.2, 0) is 4.74 Å². The molecule has 21 heavy (non-hydrogen) atoms. The second-order valence-electron chi connectivity index (χ2n) is 4.06. The van der Waals surface area contributed by atoms with Gasteiger partial charge in [-0.3, -0.25) is 0 Å². The van der Waals surface area contributed by atoms with E-state index in [0.29, 0.717) is 4.90 Å². The van der Waals surface area contributed by atoms with Gasteiger partial charge in [0.2, 0.25) is 0 Å². The molecule has 0 aliphatic rings. The van der Waals surface area contributed by atoms with E-state index in [0.717, 1.165) is 4.90 Å². The molecule has 0 saturated carbocycles. The van der Waals surface area contributed by atoms with Crippen LogP contribution in [-0.4, -0.2) is 24.2 Å². The number of carbonyl (C=O) groups excluding carboxylic acids is 1. The van der Waals surface area contributed by atoms with E-state index in [1.54, 1.807) is 18.2 Å². The Balaban J connectivity index is 2.18. The lowest BCUT2D eigenvalue weighted by Crippen LogP contribution is -2.04. The minimum absolute atomic E-state index is 0.122. The molecule has 0 atom stereocenters. The van der Waals surface area contributed by atoms with Crippen LogP contribution in [0.4, 0.5) is 4.39 Å². The van der Waals surface area contributed by atoms with Crippen LogP contribution < -0.4 is 0 Å². The first-order valence-corrected chi connectivity index (χ1v) is 6.72. The number of benzene rings is 2. The molecule has 0 radical (unpaired) electrons. The lowest BCUT2D eigenvalue weighted by Gasteiger charge is -2.05. The lowest BCUT2D eigenvalue weighted by molar-refractivity contribution is 0.0594. The van der Waals surface area contributed by atoms with E-state index < -0.39 is 17.8 Å². The summed E-state index contributed by atoms with van der Waals surface area (Å²) in [4.78, 5) is 23.4. The standard InChI is InChI=1S/C15H11FO4S/c1-20-15(19)12-7-6-11(8-13(12)16)21-10-4-2-9(3-5-10)14(17)18/h2-8H,1H3,(H,17,18). The van der Waals surface area contributed by atoms with Gasteiger partial charge in [0.15, 0.2) is 0 Å². The fourth-order valence-corrected chi connectivity index (χ4v) is 2.48. The summed E-state index contributed by atoms with van der Waals surface area (Å²) in [6.45, 7) is 0. The van der Waals surface area contributed by atoms with E-state index in [2.05, 4.69) is 4.74 Å². The van der Waals surface area contributed by atoms with Crippen LogP contribution in [0.5, 0.6) is 0 Å². The predicted octanol–water partition coefficient (Wildman–Crippen LogP) is 3.46. The molecular formula is C15H11FO4S. The van der Waals surface area contributed by atoms with Gasteiger partial charge in [-0.25, -0.2) is 14.0 Å². The Hall–Kier alpha value is -2.34. The van der Waals surface area contributed by atoms with E-state index in [-0.39, 0.29) is 11.1 Å². The molecule has 0 saturated heterocycles. The first-order valence-electron chi connectivity index (χ1n) is 5.90. The fraction of sp³-hybridized carbons (Fsp3) is 0.0667.